The quantitative estimate of drug-likeness (QED) is 0.476. The van der Waals surface area contributed by atoms with Gasteiger partial charge in [-0.25, -0.2) is 8.42 Å². The number of sulfonamides is 1. The molecule has 1 aromatic carbocycles. The first-order valence-corrected chi connectivity index (χ1v) is 15.8. The molecule has 2 amide bonds. The summed E-state index contributed by atoms with van der Waals surface area (Å²) in [5.74, 6) is -1.77. The van der Waals surface area contributed by atoms with Gasteiger partial charge < -0.3 is 20.3 Å². The molecule has 2 aromatic rings. The zero-order valence-corrected chi connectivity index (χ0v) is 26.5. The lowest BCUT2D eigenvalue weighted by Crippen LogP contribution is -2.54. The summed E-state index contributed by atoms with van der Waals surface area (Å²) in [6, 6.07) is 4.02. The smallest absolute Gasteiger partial charge is 0.470 e. The number of carbonyl (C=O) groups is 2. The Hall–Kier alpha value is -2.86. The number of aromatic nitrogens is 2. The van der Waals surface area contributed by atoms with Gasteiger partial charge in [-0.15, -0.1) is 10.2 Å². The highest BCUT2D eigenvalue weighted by Crippen LogP contribution is 2.29. The summed E-state index contributed by atoms with van der Waals surface area (Å²) in [6.45, 7) is 8.88. The van der Waals surface area contributed by atoms with Gasteiger partial charge in [-0.3, -0.25) is 14.5 Å². The number of nitrogens with two attached hydrogens (primary N) is 1. The molecule has 0 aliphatic carbocycles. The van der Waals surface area contributed by atoms with Crippen molar-refractivity contribution >= 4 is 33.2 Å². The van der Waals surface area contributed by atoms with Gasteiger partial charge in [0.05, 0.1) is 18.6 Å². The van der Waals surface area contributed by atoms with Crippen LogP contribution in [-0.4, -0.2) is 122 Å². The highest BCUT2D eigenvalue weighted by Gasteiger charge is 2.35. The molecule has 3 heterocycles. The van der Waals surface area contributed by atoms with Crippen LogP contribution < -0.4 is 10.5 Å². The van der Waals surface area contributed by atoms with Crippen molar-refractivity contribution in [2.45, 2.75) is 50.3 Å². The molecule has 4 rings (SSSR count). The van der Waals surface area contributed by atoms with Crippen LogP contribution in [0.1, 0.15) is 38.8 Å². The molecule has 0 atom stereocenters. The molecule has 2 saturated heterocycles. The first-order chi connectivity index (χ1) is 20.0. The molecular weight excluding hydrogens is 611 g/mol. The molecule has 0 spiro atoms. The Morgan fingerprint density at radius 3 is 2.09 bits per heavy atom. The Bertz CT molecular complexity index is 1360. The van der Waals surface area contributed by atoms with Crippen molar-refractivity contribution < 1.29 is 35.9 Å². The number of benzene rings is 1. The van der Waals surface area contributed by atoms with Crippen LogP contribution in [0, 0.1) is 13.8 Å². The number of carbonyl (C=O) groups excluding carboxylic acids is 2. The number of ether oxygens (including phenoxy) is 1. The minimum atomic E-state index is -4.86. The van der Waals surface area contributed by atoms with E-state index in [1.807, 2.05) is 4.90 Å². The van der Waals surface area contributed by atoms with Crippen molar-refractivity contribution in [3.8, 4) is 5.75 Å². The van der Waals surface area contributed by atoms with Gasteiger partial charge in [0.25, 0.3) is 5.91 Å². The van der Waals surface area contributed by atoms with E-state index in [4.69, 9.17) is 9.53 Å². The number of nitrogens with zero attached hydrogens (tertiary/aromatic N) is 6. The summed E-state index contributed by atoms with van der Waals surface area (Å²) in [5, 5.41) is 9.01. The maximum atomic E-state index is 13.3. The Kier molecular flexibility index (Phi) is 11.5. The zero-order chi connectivity index (χ0) is 32.1. The molecular formula is C26H38F3N7O5S2. The largest absolute Gasteiger partial charge is 0.497 e. The first kappa shape index (κ1) is 34.6. The number of halogens is 3. The topological polar surface area (TPSA) is 142 Å². The summed E-state index contributed by atoms with van der Waals surface area (Å²) in [5.41, 5.74) is 5.04. The van der Waals surface area contributed by atoms with Gasteiger partial charge in [0.1, 0.15) is 10.8 Å². The third kappa shape index (κ3) is 8.84. The molecule has 12 nitrogen and oxygen atoms in total. The Morgan fingerprint density at radius 2 is 1.60 bits per heavy atom. The van der Waals surface area contributed by atoms with E-state index < -0.39 is 22.1 Å². The van der Waals surface area contributed by atoms with E-state index >= 15 is 0 Å². The highest BCUT2D eigenvalue weighted by atomic mass is 32.2. The molecule has 17 heteroatoms. The maximum absolute atomic E-state index is 13.3. The number of aryl methyl sites for hydroxylation is 2. The number of piperazine rings is 1. The third-order valence-corrected chi connectivity index (χ3v) is 10.4. The van der Waals surface area contributed by atoms with Crippen molar-refractivity contribution in [1.29, 1.82) is 0 Å². The molecule has 240 valence electrons. The van der Waals surface area contributed by atoms with Gasteiger partial charge in [-0.1, -0.05) is 11.3 Å². The van der Waals surface area contributed by atoms with Gasteiger partial charge in [0, 0.05) is 39.3 Å². The zero-order valence-electron chi connectivity index (χ0n) is 24.8. The molecule has 0 saturated carbocycles. The van der Waals surface area contributed by atoms with Crippen LogP contribution in [-0.2, 0) is 21.4 Å². The summed E-state index contributed by atoms with van der Waals surface area (Å²) in [4.78, 5) is 29.1. The predicted molar refractivity (Wildman–Crippen MR) is 154 cm³/mol. The number of methoxy groups -OCH3 is 1. The van der Waals surface area contributed by atoms with Crippen molar-refractivity contribution in [2.24, 2.45) is 5.73 Å². The lowest BCUT2D eigenvalue weighted by Gasteiger charge is -2.42. The van der Waals surface area contributed by atoms with Gasteiger partial charge >= 0.3 is 12.1 Å². The average molecular weight is 650 g/mol. The van der Waals surface area contributed by atoms with Gasteiger partial charge in [0.2, 0.25) is 15.0 Å². The molecule has 43 heavy (non-hydrogen) atoms. The van der Waals surface area contributed by atoms with Crippen LogP contribution in [0.15, 0.2) is 17.0 Å². The molecule has 0 bridgehead atoms. The molecule has 1 aromatic heterocycles. The molecule has 2 N–H and O–H groups in total. The second-order valence-electron chi connectivity index (χ2n) is 10.6. The number of hydrogen-bond acceptors (Lipinski definition) is 10. The molecule has 2 aliphatic heterocycles. The summed E-state index contributed by atoms with van der Waals surface area (Å²) in [6.07, 6.45) is -2.51. The summed E-state index contributed by atoms with van der Waals surface area (Å²) in [7, 11) is 1.47. The van der Waals surface area contributed by atoms with Crippen molar-refractivity contribution in [3.05, 3.63) is 33.3 Å². The second kappa shape index (κ2) is 14.3. The number of piperidine rings is 1. The van der Waals surface area contributed by atoms with Crippen LogP contribution in [0.2, 0.25) is 0 Å². The van der Waals surface area contributed by atoms with Gasteiger partial charge in [0.15, 0.2) is 0 Å². The lowest BCUT2D eigenvalue weighted by atomic mass is 10.0. The van der Waals surface area contributed by atoms with E-state index in [1.165, 1.54) is 24.2 Å². The fourth-order valence-electron chi connectivity index (χ4n) is 5.06. The third-order valence-electron chi connectivity index (χ3n) is 7.43. The number of likely N-dealkylation sites (tertiary alicyclic amines) is 1. The van der Waals surface area contributed by atoms with E-state index in [0.29, 0.717) is 46.0 Å². The first-order valence-electron chi connectivity index (χ1n) is 13.6. The molecule has 2 fully saturated rings. The van der Waals surface area contributed by atoms with Crippen LogP contribution in [0.4, 0.5) is 13.2 Å². The van der Waals surface area contributed by atoms with Gasteiger partial charge in [-0.05, 0) is 70.1 Å². The number of alkyl halides is 3. The van der Waals surface area contributed by atoms with Crippen LogP contribution in [0.25, 0.3) is 0 Å². The van der Waals surface area contributed by atoms with E-state index in [1.54, 1.807) is 33.1 Å². The summed E-state index contributed by atoms with van der Waals surface area (Å²) < 4.78 is 65.2. The highest BCUT2D eigenvalue weighted by molar-refractivity contribution is 7.89. The van der Waals surface area contributed by atoms with E-state index in [9.17, 15) is 26.4 Å². The normalized spacial score (nSPS) is 17.5. The van der Waals surface area contributed by atoms with Crippen LogP contribution in [0.5, 0.6) is 5.75 Å². The maximum Gasteiger partial charge on any atom is 0.470 e. The SMILES string of the molecule is COc1cc(C)c(S(=O)(=O)N(C)Cc2nnc(C(=O)N3CCN(C4CCN(C)CC4)CC3)s2)c(C)c1.NC(=O)C(F)(F)F. The Morgan fingerprint density at radius 1 is 1.07 bits per heavy atom. The number of hydrogen-bond donors (Lipinski definition) is 1. The lowest BCUT2D eigenvalue weighted by molar-refractivity contribution is -0.169. The van der Waals surface area contributed by atoms with E-state index in [2.05, 4.69) is 32.8 Å². The standard InChI is InChI=1S/C24H36N6O4S2.C2H2F3NO/c1-17-14-20(34-5)15-18(2)22(17)36(32,33)28(4)16-21-25-26-23(35-21)24(31)30-12-10-29(11-13-30)19-6-8-27(3)9-7-19;3-2(4,5)1(6)7/h14-15,19H,6-13,16H2,1-5H3;(H2,6,7). The predicted octanol–water partition coefficient (Wildman–Crippen LogP) is 1.87. The Balaban J connectivity index is 0.000000646. The van der Waals surface area contributed by atoms with Gasteiger partial charge in [-0.2, -0.15) is 17.5 Å². The number of rotatable bonds is 7. The van der Waals surface area contributed by atoms with Crippen molar-refractivity contribution in [2.75, 3.05) is 60.5 Å². The summed E-state index contributed by atoms with van der Waals surface area (Å²) >= 11 is 1.16. The van der Waals surface area contributed by atoms with Crippen LogP contribution in [0.3, 0.4) is 0 Å². The fourth-order valence-corrected chi connectivity index (χ4v) is 7.53. The molecule has 2 aliphatic rings. The second-order valence-corrected chi connectivity index (χ2v) is 13.6. The van der Waals surface area contributed by atoms with Crippen molar-refractivity contribution in [1.82, 2.24) is 29.2 Å². The van der Waals surface area contributed by atoms with E-state index in [0.717, 1.165) is 37.5 Å². The fraction of sp³-hybridized carbons (Fsp3) is 0.615. The Labute approximate surface area is 253 Å². The van der Waals surface area contributed by atoms with E-state index in [-0.39, 0.29) is 17.3 Å². The molecule has 0 radical (unpaired) electrons. The van der Waals surface area contributed by atoms with Crippen LogP contribution >= 0.6 is 11.3 Å². The molecule has 0 unspecified atom stereocenters. The number of amides is 2. The average Bonchev–Trinajstić information content (AvgIpc) is 3.41. The number of primary amides is 1. The minimum Gasteiger partial charge on any atom is -0.497 e. The minimum absolute atomic E-state index is 0.0437. The van der Waals surface area contributed by atoms with Crippen molar-refractivity contribution in [3.63, 3.8) is 0 Å². The monoisotopic (exact) mass is 649 g/mol.